The number of benzene rings is 2. The highest BCUT2D eigenvalue weighted by Gasteiger charge is 2.12. The van der Waals surface area contributed by atoms with E-state index in [1.54, 1.807) is 14.2 Å². The number of carbonyl (C=O) groups excluding carboxylic acids is 2. The number of aliphatic hydroxyl groups excluding tert-OH is 2. The van der Waals surface area contributed by atoms with Crippen LogP contribution >= 0.6 is 0 Å². The summed E-state index contributed by atoms with van der Waals surface area (Å²) in [5.41, 5.74) is 3.43. The number of hydrogen-bond acceptors (Lipinski definition) is 14. The summed E-state index contributed by atoms with van der Waals surface area (Å²) in [4.78, 5) is 29.4. The van der Waals surface area contributed by atoms with Crippen LogP contribution in [-0.2, 0) is 60.7 Å². The molecule has 0 saturated heterocycles. The van der Waals surface area contributed by atoms with Crippen LogP contribution in [0, 0.1) is 0 Å². The molecule has 14 nitrogen and oxygen atoms in total. The predicted octanol–water partition coefficient (Wildman–Crippen LogP) is 10.3. The maximum atomic E-state index is 12.6. The minimum absolute atomic E-state index is 0.0689. The van der Waals surface area contributed by atoms with Crippen molar-refractivity contribution in [3.05, 3.63) is 84.2 Å². The van der Waals surface area contributed by atoms with Crippen LogP contribution in [0.5, 0.6) is 0 Å². The lowest BCUT2D eigenvalue weighted by atomic mass is 10.1. The maximum Gasteiger partial charge on any atom is 0.306 e. The molecule has 2 unspecified atom stereocenters. The van der Waals surface area contributed by atoms with Crippen LogP contribution in [0.1, 0.15) is 141 Å². The van der Waals surface area contributed by atoms with Crippen LogP contribution in [0.2, 0.25) is 0 Å². The number of unbranched alkanes of at least 4 members (excludes halogenated alkanes) is 12. The highest BCUT2D eigenvalue weighted by molar-refractivity contribution is 5.77. The van der Waals surface area contributed by atoms with E-state index in [1.165, 1.54) is 64.2 Å². The molecule has 0 heterocycles. The first kappa shape index (κ1) is 62.3. The first-order valence-corrected chi connectivity index (χ1v) is 26.3. The summed E-state index contributed by atoms with van der Waals surface area (Å²) in [7, 11) is 3.28. The van der Waals surface area contributed by atoms with Crippen LogP contribution in [0.3, 0.4) is 0 Å². The Morgan fingerprint density at radius 2 is 0.800 bits per heavy atom. The van der Waals surface area contributed by atoms with Gasteiger partial charge in [0.1, 0.15) is 13.2 Å². The Morgan fingerprint density at radius 3 is 1.16 bits per heavy atom. The van der Waals surface area contributed by atoms with Crippen molar-refractivity contribution in [2.24, 2.45) is 0 Å². The SMILES string of the molecule is CCCCCCCCCC(O)/C=C/N(CCOCCOCCOC)c1ccc(COC(=O)CCC(=O)OCc2ccc(N(/C=C/C(O)CCCCCCCCC)CCOCCOCCOC)cc2)cc1. The van der Waals surface area contributed by atoms with E-state index in [4.69, 9.17) is 37.9 Å². The number of rotatable bonds is 47. The van der Waals surface area contributed by atoms with Crippen molar-refractivity contribution in [3.8, 4) is 0 Å². The molecule has 0 aliphatic carbocycles. The third-order valence-corrected chi connectivity index (χ3v) is 11.6. The van der Waals surface area contributed by atoms with Crippen LogP contribution < -0.4 is 9.80 Å². The molecular formula is C56H92N2O12. The second-order valence-electron chi connectivity index (χ2n) is 17.6. The lowest BCUT2D eigenvalue weighted by Crippen LogP contribution is -2.23. The van der Waals surface area contributed by atoms with Gasteiger partial charge >= 0.3 is 11.9 Å². The van der Waals surface area contributed by atoms with Gasteiger partial charge in [-0.3, -0.25) is 9.59 Å². The van der Waals surface area contributed by atoms with Crippen molar-refractivity contribution in [1.29, 1.82) is 0 Å². The van der Waals surface area contributed by atoms with Gasteiger partial charge in [0.15, 0.2) is 0 Å². The van der Waals surface area contributed by atoms with Crippen LogP contribution in [0.4, 0.5) is 11.4 Å². The number of hydrogen-bond donors (Lipinski definition) is 2. The van der Waals surface area contributed by atoms with E-state index in [1.807, 2.05) is 82.9 Å². The average molecular weight is 985 g/mol. The predicted molar refractivity (Wildman–Crippen MR) is 279 cm³/mol. The van der Waals surface area contributed by atoms with Crippen molar-refractivity contribution < 1.29 is 57.7 Å². The van der Waals surface area contributed by atoms with Crippen molar-refractivity contribution in [2.75, 3.05) is 103 Å². The highest BCUT2D eigenvalue weighted by atomic mass is 16.6. The second kappa shape index (κ2) is 43.9. The Bertz CT molecular complexity index is 1470. The molecule has 398 valence electrons. The quantitative estimate of drug-likeness (QED) is 0.0477. The van der Waals surface area contributed by atoms with Gasteiger partial charge in [-0.1, -0.05) is 128 Å². The fourth-order valence-corrected chi connectivity index (χ4v) is 7.30. The zero-order chi connectivity index (χ0) is 50.5. The maximum absolute atomic E-state index is 12.6. The Balaban J connectivity index is 1.85. The molecule has 70 heavy (non-hydrogen) atoms. The molecule has 0 aliphatic heterocycles. The summed E-state index contributed by atoms with van der Waals surface area (Å²) in [5.74, 6) is -0.979. The summed E-state index contributed by atoms with van der Waals surface area (Å²) >= 11 is 0. The summed E-state index contributed by atoms with van der Waals surface area (Å²) < 4.78 is 43.7. The molecule has 0 fully saturated rings. The third-order valence-electron chi connectivity index (χ3n) is 11.6. The van der Waals surface area contributed by atoms with Gasteiger partial charge in [0, 0.05) is 51.1 Å². The minimum Gasteiger partial charge on any atom is -0.461 e. The van der Waals surface area contributed by atoms with E-state index in [0.29, 0.717) is 79.2 Å². The lowest BCUT2D eigenvalue weighted by Gasteiger charge is -2.22. The van der Waals surface area contributed by atoms with Crippen molar-refractivity contribution in [1.82, 2.24) is 0 Å². The molecule has 0 amide bonds. The molecule has 0 spiro atoms. The summed E-state index contributed by atoms with van der Waals surface area (Å²) in [6, 6.07) is 15.4. The Kier molecular flexibility index (Phi) is 39.0. The molecule has 0 aromatic heterocycles. The monoisotopic (exact) mass is 985 g/mol. The number of methoxy groups -OCH3 is 2. The van der Waals surface area contributed by atoms with Gasteiger partial charge in [-0.25, -0.2) is 0 Å². The fourth-order valence-electron chi connectivity index (χ4n) is 7.30. The standard InChI is InChI=1S/C56H92N2O12/c1-5-7-9-11-13-15-17-19-53(59)31-33-57(35-37-65-43-45-67-41-39-63-3)51-25-21-49(22-26-51)47-69-55(61)29-30-56(62)70-48-50-23-27-52(28-24-50)58(36-38-66-44-46-68-42-40-64-4)34-32-54(60)20-18-16-14-12-10-8-6-2/h21-28,31-34,53-54,59-60H,5-20,29-30,35-48H2,1-4H3/b33-31+,34-32+. The number of esters is 2. The van der Waals surface area contributed by atoms with Gasteiger partial charge in [0.2, 0.25) is 0 Å². The van der Waals surface area contributed by atoms with Gasteiger partial charge in [-0.2, -0.15) is 0 Å². The van der Waals surface area contributed by atoms with Crippen LogP contribution in [-0.4, -0.2) is 128 Å². The summed E-state index contributed by atoms with van der Waals surface area (Å²) in [6.07, 6.45) is 24.4. The van der Waals surface area contributed by atoms with E-state index >= 15 is 0 Å². The zero-order valence-corrected chi connectivity index (χ0v) is 43.6. The van der Waals surface area contributed by atoms with E-state index in [9.17, 15) is 19.8 Å². The minimum atomic E-state index is -0.536. The van der Waals surface area contributed by atoms with Crippen molar-refractivity contribution in [3.63, 3.8) is 0 Å². The fraction of sp³-hybridized carbons (Fsp3) is 0.679. The first-order chi connectivity index (χ1) is 34.3. The molecule has 0 radical (unpaired) electrons. The molecular weight excluding hydrogens is 893 g/mol. The average Bonchev–Trinajstić information content (AvgIpc) is 3.37. The van der Waals surface area contributed by atoms with Gasteiger partial charge in [-0.15, -0.1) is 0 Å². The van der Waals surface area contributed by atoms with Crippen molar-refractivity contribution in [2.45, 2.75) is 155 Å². The summed E-state index contributed by atoms with van der Waals surface area (Å²) in [6.45, 7) is 10.7. The largest absolute Gasteiger partial charge is 0.461 e. The lowest BCUT2D eigenvalue weighted by molar-refractivity contribution is -0.151. The number of carbonyl (C=O) groups is 2. The molecule has 0 aliphatic rings. The van der Waals surface area contributed by atoms with Gasteiger partial charge in [-0.05, 0) is 60.4 Å². The normalized spacial score (nSPS) is 12.5. The third kappa shape index (κ3) is 33.7. The highest BCUT2D eigenvalue weighted by Crippen LogP contribution is 2.20. The molecule has 2 aromatic rings. The number of nitrogens with zero attached hydrogens (tertiary/aromatic N) is 2. The molecule has 2 N–H and O–H groups in total. The number of ether oxygens (including phenoxy) is 8. The molecule has 14 heteroatoms. The Hall–Kier alpha value is -3.86. The number of aliphatic hydroxyl groups is 2. The summed E-state index contributed by atoms with van der Waals surface area (Å²) in [5, 5.41) is 21.4. The van der Waals surface area contributed by atoms with Gasteiger partial charge in [0.25, 0.3) is 0 Å². The van der Waals surface area contributed by atoms with E-state index < -0.39 is 24.1 Å². The Morgan fingerprint density at radius 1 is 0.471 bits per heavy atom. The zero-order valence-electron chi connectivity index (χ0n) is 43.6. The Labute approximate surface area is 422 Å². The van der Waals surface area contributed by atoms with Crippen LogP contribution in [0.15, 0.2) is 73.1 Å². The van der Waals surface area contributed by atoms with E-state index in [0.717, 1.165) is 61.0 Å². The molecule has 2 atom stereocenters. The van der Waals surface area contributed by atoms with Crippen LogP contribution in [0.25, 0.3) is 0 Å². The van der Waals surface area contributed by atoms with E-state index in [-0.39, 0.29) is 26.1 Å². The first-order valence-electron chi connectivity index (χ1n) is 26.3. The molecule has 2 rings (SSSR count). The molecule has 2 aromatic carbocycles. The molecule has 0 saturated carbocycles. The topological polar surface area (TPSA) is 155 Å². The van der Waals surface area contributed by atoms with E-state index in [2.05, 4.69) is 13.8 Å². The molecule has 0 bridgehead atoms. The van der Waals surface area contributed by atoms with Crippen molar-refractivity contribution >= 4 is 23.3 Å². The van der Waals surface area contributed by atoms with Gasteiger partial charge < -0.3 is 57.9 Å². The second-order valence-corrected chi connectivity index (χ2v) is 17.6. The number of anilines is 2. The smallest absolute Gasteiger partial charge is 0.306 e. The van der Waals surface area contributed by atoms with Gasteiger partial charge in [0.05, 0.1) is 91.1 Å².